The maximum absolute atomic E-state index is 12.3. The van der Waals surface area contributed by atoms with Crippen LogP contribution >= 0.6 is 11.3 Å². The van der Waals surface area contributed by atoms with Crippen molar-refractivity contribution in [3.05, 3.63) is 57.8 Å². The first-order valence-electron chi connectivity index (χ1n) is 6.85. The second-order valence-corrected chi connectivity index (χ2v) is 6.09. The molecule has 1 N–H and O–H groups in total. The number of benzene rings is 1. The molecule has 1 atom stereocenters. The quantitative estimate of drug-likeness (QED) is 0.921. The SMILES string of the molecule is C[C@H](Cc1ccsc1)NC(=O)N1Cc2ccccc2C1. The lowest BCUT2D eigenvalue weighted by Crippen LogP contribution is -2.42. The normalized spacial score (nSPS) is 14.9. The molecule has 2 heterocycles. The minimum absolute atomic E-state index is 0.0314. The number of rotatable bonds is 3. The number of carbonyl (C=O) groups is 1. The Balaban J connectivity index is 1.56. The van der Waals surface area contributed by atoms with Crippen molar-refractivity contribution in [2.75, 3.05) is 0 Å². The van der Waals surface area contributed by atoms with Crippen molar-refractivity contribution in [1.29, 1.82) is 0 Å². The van der Waals surface area contributed by atoms with Gasteiger partial charge in [0, 0.05) is 19.1 Å². The molecule has 3 rings (SSSR count). The zero-order chi connectivity index (χ0) is 13.9. The van der Waals surface area contributed by atoms with Crippen molar-refractivity contribution in [2.24, 2.45) is 0 Å². The zero-order valence-electron chi connectivity index (χ0n) is 11.5. The molecule has 0 saturated carbocycles. The van der Waals surface area contributed by atoms with E-state index in [0.717, 1.165) is 6.42 Å². The third kappa shape index (κ3) is 2.85. The Morgan fingerprint density at radius 1 is 1.30 bits per heavy atom. The lowest BCUT2D eigenvalue weighted by atomic mass is 10.1. The van der Waals surface area contributed by atoms with Crippen molar-refractivity contribution in [3.63, 3.8) is 0 Å². The van der Waals surface area contributed by atoms with E-state index in [0.29, 0.717) is 13.1 Å². The molecule has 2 amide bonds. The monoisotopic (exact) mass is 286 g/mol. The Bertz CT molecular complexity index is 569. The van der Waals surface area contributed by atoms with Gasteiger partial charge in [-0.15, -0.1) is 0 Å². The summed E-state index contributed by atoms with van der Waals surface area (Å²) in [5.41, 5.74) is 3.80. The fraction of sp³-hybridized carbons (Fsp3) is 0.312. The Hall–Kier alpha value is -1.81. The second-order valence-electron chi connectivity index (χ2n) is 5.31. The molecule has 0 radical (unpaired) electrons. The smallest absolute Gasteiger partial charge is 0.318 e. The molecule has 0 aliphatic carbocycles. The number of hydrogen-bond donors (Lipinski definition) is 1. The Morgan fingerprint density at radius 2 is 2.00 bits per heavy atom. The molecule has 104 valence electrons. The highest BCUT2D eigenvalue weighted by atomic mass is 32.1. The van der Waals surface area contributed by atoms with Gasteiger partial charge in [-0.1, -0.05) is 24.3 Å². The third-order valence-corrected chi connectivity index (χ3v) is 4.35. The molecule has 1 aromatic carbocycles. The zero-order valence-corrected chi connectivity index (χ0v) is 12.3. The highest BCUT2D eigenvalue weighted by Gasteiger charge is 2.23. The average Bonchev–Trinajstić information content (AvgIpc) is 3.06. The van der Waals surface area contributed by atoms with Gasteiger partial charge in [-0.05, 0) is 46.9 Å². The molecule has 0 fully saturated rings. The molecular weight excluding hydrogens is 268 g/mol. The fourth-order valence-corrected chi connectivity index (χ4v) is 3.27. The van der Waals surface area contributed by atoms with Crippen molar-refractivity contribution >= 4 is 17.4 Å². The van der Waals surface area contributed by atoms with Crippen LogP contribution in [0.3, 0.4) is 0 Å². The molecule has 20 heavy (non-hydrogen) atoms. The molecule has 0 spiro atoms. The van der Waals surface area contributed by atoms with Crippen LogP contribution in [0.4, 0.5) is 4.79 Å². The second kappa shape index (κ2) is 5.67. The van der Waals surface area contributed by atoms with E-state index >= 15 is 0 Å². The third-order valence-electron chi connectivity index (χ3n) is 3.62. The van der Waals surface area contributed by atoms with E-state index in [1.807, 2.05) is 17.0 Å². The van der Waals surface area contributed by atoms with Gasteiger partial charge in [-0.2, -0.15) is 11.3 Å². The van der Waals surface area contributed by atoms with Crippen molar-refractivity contribution in [1.82, 2.24) is 10.2 Å². The summed E-state index contributed by atoms with van der Waals surface area (Å²) in [6, 6.07) is 10.5. The number of carbonyl (C=O) groups excluding carboxylic acids is 1. The minimum atomic E-state index is 0.0314. The summed E-state index contributed by atoms with van der Waals surface area (Å²) in [7, 11) is 0. The molecular formula is C16H18N2OS. The lowest BCUT2D eigenvalue weighted by Gasteiger charge is -2.20. The van der Waals surface area contributed by atoms with Gasteiger partial charge in [0.2, 0.25) is 0 Å². The standard InChI is InChI=1S/C16H18N2OS/c1-12(8-13-6-7-20-11-13)17-16(19)18-9-14-4-2-3-5-15(14)10-18/h2-7,11-12H,8-10H2,1H3,(H,17,19)/t12-/m1/s1. The van der Waals surface area contributed by atoms with E-state index in [2.05, 4.69) is 41.2 Å². The molecule has 4 heteroatoms. The molecule has 0 saturated heterocycles. The summed E-state index contributed by atoms with van der Waals surface area (Å²) in [6.07, 6.45) is 0.885. The van der Waals surface area contributed by atoms with E-state index in [1.54, 1.807) is 11.3 Å². The number of nitrogens with zero attached hydrogens (tertiary/aromatic N) is 1. The predicted octanol–water partition coefficient (Wildman–Crippen LogP) is 3.40. The van der Waals surface area contributed by atoms with Crippen LogP contribution in [-0.4, -0.2) is 17.0 Å². The van der Waals surface area contributed by atoms with Crippen molar-refractivity contribution in [2.45, 2.75) is 32.5 Å². The van der Waals surface area contributed by atoms with Gasteiger partial charge >= 0.3 is 6.03 Å². The van der Waals surface area contributed by atoms with Crippen LogP contribution in [0.5, 0.6) is 0 Å². The van der Waals surface area contributed by atoms with Crippen LogP contribution < -0.4 is 5.32 Å². The Kier molecular flexibility index (Phi) is 3.74. The number of nitrogens with one attached hydrogen (secondary N) is 1. The van der Waals surface area contributed by atoms with Gasteiger partial charge in [0.15, 0.2) is 0 Å². The maximum Gasteiger partial charge on any atom is 0.318 e. The van der Waals surface area contributed by atoms with E-state index in [1.165, 1.54) is 16.7 Å². The van der Waals surface area contributed by atoms with Crippen LogP contribution in [0.25, 0.3) is 0 Å². The number of urea groups is 1. The number of amides is 2. The summed E-state index contributed by atoms with van der Waals surface area (Å²) >= 11 is 1.69. The highest BCUT2D eigenvalue weighted by Crippen LogP contribution is 2.22. The van der Waals surface area contributed by atoms with Crippen LogP contribution in [0.15, 0.2) is 41.1 Å². The summed E-state index contributed by atoms with van der Waals surface area (Å²) in [5.74, 6) is 0. The first kappa shape index (κ1) is 13.2. The van der Waals surface area contributed by atoms with Gasteiger partial charge in [0.1, 0.15) is 0 Å². The van der Waals surface area contributed by atoms with Gasteiger partial charge < -0.3 is 10.2 Å². The molecule has 1 aliphatic rings. The summed E-state index contributed by atoms with van der Waals surface area (Å²) in [5, 5.41) is 7.29. The summed E-state index contributed by atoms with van der Waals surface area (Å²) < 4.78 is 0. The molecule has 1 aliphatic heterocycles. The minimum Gasteiger partial charge on any atom is -0.335 e. The summed E-state index contributed by atoms with van der Waals surface area (Å²) in [6.45, 7) is 3.49. The van der Waals surface area contributed by atoms with Crippen LogP contribution in [0.2, 0.25) is 0 Å². The molecule has 0 unspecified atom stereocenters. The van der Waals surface area contributed by atoms with Crippen LogP contribution in [0.1, 0.15) is 23.6 Å². The number of fused-ring (bicyclic) bond motifs is 1. The van der Waals surface area contributed by atoms with E-state index in [-0.39, 0.29) is 12.1 Å². The lowest BCUT2D eigenvalue weighted by molar-refractivity contribution is 0.195. The van der Waals surface area contributed by atoms with Gasteiger partial charge in [0.05, 0.1) is 0 Å². The van der Waals surface area contributed by atoms with Crippen molar-refractivity contribution < 1.29 is 4.79 Å². The molecule has 0 bridgehead atoms. The van der Waals surface area contributed by atoms with E-state index in [4.69, 9.17) is 0 Å². The van der Waals surface area contributed by atoms with Gasteiger partial charge in [-0.25, -0.2) is 4.79 Å². The van der Waals surface area contributed by atoms with Crippen LogP contribution in [0, 0.1) is 0 Å². The highest BCUT2D eigenvalue weighted by molar-refractivity contribution is 7.07. The first-order valence-corrected chi connectivity index (χ1v) is 7.80. The molecule has 1 aromatic heterocycles. The largest absolute Gasteiger partial charge is 0.335 e. The number of thiophene rings is 1. The van der Waals surface area contributed by atoms with Gasteiger partial charge in [0.25, 0.3) is 0 Å². The summed E-state index contributed by atoms with van der Waals surface area (Å²) in [4.78, 5) is 14.1. The predicted molar refractivity (Wildman–Crippen MR) is 81.7 cm³/mol. The number of hydrogen-bond acceptors (Lipinski definition) is 2. The van der Waals surface area contributed by atoms with E-state index in [9.17, 15) is 4.79 Å². The van der Waals surface area contributed by atoms with Crippen LogP contribution in [-0.2, 0) is 19.5 Å². The van der Waals surface area contributed by atoms with Gasteiger partial charge in [-0.3, -0.25) is 0 Å². The Morgan fingerprint density at radius 3 is 2.60 bits per heavy atom. The Labute approximate surface area is 123 Å². The maximum atomic E-state index is 12.3. The average molecular weight is 286 g/mol. The van der Waals surface area contributed by atoms with E-state index < -0.39 is 0 Å². The fourth-order valence-electron chi connectivity index (χ4n) is 2.59. The molecule has 2 aromatic rings. The topological polar surface area (TPSA) is 32.3 Å². The van der Waals surface area contributed by atoms with Crippen molar-refractivity contribution in [3.8, 4) is 0 Å². The molecule has 3 nitrogen and oxygen atoms in total. The first-order chi connectivity index (χ1) is 9.72.